The Morgan fingerprint density at radius 1 is 0.610 bits per heavy atom. The van der Waals surface area contributed by atoms with Gasteiger partial charge in [0, 0.05) is 39.0 Å². The molecule has 0 saturated heterocycles. The van der Waals surface area contributed by atoms with Gasteiger partial charge in [0.05, 0.1) is 33.1 Å². The van der Waals surface area contributed by atoms with Gasteiger partial charge in [-0.3, -0.25) is 9.38 Å². The van der Waals surface area contributed by atoms with Crippen LogP contribution in [0.3, 0.4) is 0 Å². The number of imidazole rings is 1. The molecular formula is C37H22N4. The van der Waals surface area contributed by atoms with Crippen molar-refractivity contribution < 1.29 is 0 Å². The van der Waals surface area contributed by atoms with Crippen molar-refractivity contribution in [3.63, 3.8) is 0 Å². The van der Waals surface area contributed by atoms with Crippen LogP contribution in [0.2, 0.25) is 0 Å². The maximum atomic E-state index is 5.23. The summed E-state index contributed by atoms with van der Waals surface area (Å²) in [6, 6.07) is 41.4. The highest BCUT2D eigenvalue weighted by atomic mass is 15.0. The average Bonchev–Trinajstić information content (AvgIpc) is 3.71. The second kappa shape index (κ2) is 7.58. The zero-order valence-corrected chi connectivity index (χ0v) is 22.0. The summed E-state index contributed by atoms with van der Waals surface area (Å²) in [5, 5.41) is 4.93. The van der Waals surface area contributed by atoms with Gasteiger partial charge >= 0.3 is 0 Å². The van der Waals surface area contributed by atoms with Gasteiger partial charge in [0.15, 0.2) is 0 Å². The molecule has 1 aliphatic rings. The lowest BCUT2D eigenvalue weighted by molar-refractivity contribution is 1.18. The predicted molar refractivity (Wildman–Crippen MR) is 168 cm³/mol. The predicted octanol–water partition coefficient (Wildman–Crippen LogP) is 8.86. The van der Waals surface area contributed by atoms with Gasteiger partial charge in [-0.1, -0.05) is 72.8 Å². The number of hydrogen-bond donors (Lipinski definition) is 0. The summed E-state index contributed by atoms with van der Waals surface area (Å²) in [5.74, 6) is 0. The van der Waals surface area contributed by atoms with E-state index >= 15 is 0 Å². The van der Waals surface area contributed by atoms with Crippen LogP contribution in [0.1, 0.15) is 11.1 Å². The van der Waals surface area contributed by atoms with Crippen LogP contribution in [-0.2, 0) is 6.42 Å². The molecule has 4 nitrogen and oxygen atoms in total. The minimum absolute atomic E-state index is 0.867. The van der Waals surface area contributed by atoms with Crippen molar-refractivity contribution in [2.45, 2.75) is 6.42 Å². The molecule has 10 rings (SSSR count). The van der Waals surface area contributed by atoms with Crippen molar-refractivity contribution in [2.24, 2.45) is 0 Å². The first-order valence-corrected chi connectivity index (χ1v) is 14.1. The number of benzene rings is 5. The monoisotopic (exact) mass is 522 g/mol. The van der Waals surface area contributed by atoms with Crippen molar-refractivity contribution in [3.8, 4) is 16.8 Å². The van der Waals surface area contributed by atoms with Crippen LogP contribution in [0, 0.1) is 0 Å². The van der Waals surface area contributed by atoms with E-state index in [1.165, 1.54) is 55.1 Å². The third-order valence-electron chi connectivity index (χ3n) is 8.95. The zero-order valence-electron chi connectivity index (χ0n) is 22.0. The van der Waals surface area contributed by atoms with Gasteiger partial charge < -0.3 is 4.57 Å². The van der Waals surface area contributed by atoms with E-state index in [2.05, 4.69) is 118 Å². The van der Waals surface area contributed by atoms with Crippen LogP contribution < -0.4 is 0 Å². The Morgan fingerprint density at radius 2 is 1.39 bits per heavy atom. The Bertz CT molecular complexity index is 2550. The highest BCUT2D eigenvalue weighted by Crippen LogP contribution is 2.48. The standard InChI is InChI=1S/C37H22N4/c1-2-9-23(10-3-1)40-30-13-6-4-11-24(30)26-17-16-22-21-28-25(33(22)36(26)40)18-19-27-34(28)37-39-29-12-5-7-14-31(29)41(37)32-15-8-20-38-35(27)32/h1-20H,21H2. The lowest BCUT2D eigenvalue weighted by Crippen LogP contribution is -1.96. The summed E-state index contributed by atoms with van der Waals surface area (Å²) in [6.07, 6.45) is 2.77. The van der Waals surface area contributed by atoms with E-state index in [0.717, 1.165) is 39.5 Å². The van der Waals surface area contributed by atoms with E-state index in [4.69, 9.17) is 9.97 Å². The van der Waals surface area contributed by atoms with Gasteiger partial charge in [-0.05, 0) is 65.6 Å². The number of para-hydroxylation sites is 4. The second-order valence-corrected chi connectivity index (χ2v) is 11.0. The minimum Gasteiger partial charge on any atom is -0.309 e. The number of pyridine rings is 2. The molecule has 0 fully saturated rings. The third-order valence-corrected chi connectivity index (χ3v) is 8.95. The van der Waals surface area contributed by atoms with Crippen LogP contribution in [0.5, 0.6) is 0 Å². The number of hydrogen-bond acceptors (Lipinski definition) is 2. The fourth-order valence-corrected chi connectivity index (χ4v) is 7.32. The number of nitrogens with zero attached hydrogens (tertiary/aromatic N) is 4. The van der Waals surface area contributed by atoms with E-state index in [1.807, 2.05) is 12.3 Å². The first-order chi connectivity index (χ1) is 20.4. The zero-order chi connectivity index (χ0) is 26.7. The van der Waals surface area contributed by atoms with Crippen molar-refractivity contribution in [2.75, 3.05) is 0 Å². The molecule has 0 N–H and O–H groups in total. The van der Waals surface area contributed by atoms with E-state index in [0.29, 0.717) is 0 Å². The van der Waals surface area contributed by atoms with Gasteiger partial charge in [0.2, 0.25) is 0 Å². The van der Waals surface area contributed by atoms with Crippen LogP contribution in [-0.4, -0.2) is 18.9 Å². The molecular weight excluding hydrogens is 500 g/mol. The van der Waals surface area contributed by atoms with E-state index in [1.54, 1.807) is 0 Å². The SMILES string of the molecule is c1ccc(-n2c3ccccc3c3ccc4c(c32)-c2ccc3c5ncccc5n5c6ccccc6nc5c3c2C4)cc1. The van der Waals surface area contributed by atoms with Crippen LogP contribution in [0.25, 0.3) is 77.1 Å². The van der Waals surface area contributed by atoms with Crippen LogP contribution in [0.15, 0.2) is 121 Å². The first-order valence-electron chi connectivity index (χ1n) is 14.1. The molecule has 0 saturated carbocycles. The maximum absolute atomic E-state index is 5.23. The molecule has 0 amide bonds. The lowest BCUT2D eigenvalue weighted by atomic mass is 9.98. The van der Waals surface area contributed by atoms with Gasteiger partial charge in [0.1, 0.15) is 5.65 Å². The molecule has 5 aromatic carbocycles. The number of fused-ring (bicyclic) bond motifs is 16. The largest absolute Gasteiger partial charge is 0.309 e. The molecule has 0 radical (unpaired) electrons. The van der Waals surface area contributed by atoms with E-state index < -0.39 is 0 Å². The highest BCUT2D eigenvalue weighted by Gasteiger charge is 2.28. The fourth-order valence-electron chi connectivity index (χ4n) is 7.32. The summed E-state index contributed by atoms with van der Waals surface area (Å²) in [6.45, 7) is 0. The Kier molecular flexibility index (Phi) is 3.95. The van der Waals surface area contributed by atoms with Gasteiger partial charge in [0.25, 0.3) is 0 Å². The summed E-state index contributed by atoms with van der Waals surface area (Å²) >= 11 is 0. The van der Waals surface area contributed by atoms with E-state index in [9.17, 15) is 0 Å². The average molecular weight is 523 g/mol. The summed E-state index contributed by atoms with van der Waals surface area (Å²) in [7, 11) is 0. The van der Waals surface area contributed by atoms with Crippen LogP contribution >= 0.6 is 0 Å². The second-order valence-electron chi connectivity index (χ2n) is 11.0. The Labute approximate surface area is 234 Å². The maximum Gasteiger partial charge on any atom is 0.146 e. The molecule has 9 aromatic rings. The first kappa shape index (κ1) is 21.4. The molecule has 1 aliphatic carbocycles. The molecule has 4 aromatic heterocycles. The van der Waals surface area contributed by atoms with Gasteiger partial charge in [-0.2, -0.15) is 0 Å². The van der Waals surface area contributed by atoms with Crippen molar-refractivity contribution in [1.29, 1.82) is 0 Å². The molecule has 0 bridgehead atoms. The molecule has 4 heteroatoms. The Hall–Kier alpha value is -5.48. The molecule has 0 unspecified atom stereocenters. The summed E-state index contributed by atoms with van der Waals surface area (Å²) < 4.78 is 4.75. The quantitative estimate of drug-likeness (QED) is 0.202. The molecule has 190 valence electrons. The topological polar surface area (TPSA) is 35.1 Å². The molecule has 0 spiro atoms. The third kappa shape index (κ3) is 2.64. The highest BCUT2D eigenvalue weighted by molar-refractivity contribution is 6.19. The minimum atomic E-state index is 0.867. The summed E-state index contributed by atoms with van der Waals surface area (Å²) in [5.41, 5.74) is 14.2. The fraction of sp³-hybridized carbons (Fsp3) is 0.0270. The van der Waals surface area contributed by atoms with Crippen molar-refractivity contribution >= 4 is 60.3 Å². The number of rotatable bonds is 1. The van der Waals surface area contributed by atoms with Crippen molar-refractivity contribution in [3.05, 3.63) is 133 Å². The molecule has 0 atom stereocenters. The molecule has 0 aliphatic heterocycles. The van der Waals surface area contributed by atoms with Crippen LogP contribution in [0.4, 0.5) is 0 Å². The molecule has 4 heterocycles. The Morgan fingerprint density at radius 3 is 2.32 bits per heavy atom. The summed E-state index contributed by atoms with van der Waals surface area (Å²) in [4.78, 5) is 10.1. The number of aromatic nitrogens is 4. The molecule has 41 heavy (non-hydrogen) atoms. The van der Waals surface area contributed by atoms with Crippen molar-refractivity contribution in [1.82, 2.24) is 18.9 Å². The van der Waals surface area contributed by atoms with E-state index in [-0.39, 0.29) is 0 Å². The lowest BCUT2D eigenvalue weighted by Gasteiger charge is -2.13. The smallest absolute Gasteiger partial charge is 0.146 e. The van der Waals surface area contributed by atoms with Gasteiger partial charge in [-0.25, -0.2) is 4.98 Å². The van der Waals surface area contributed by atoms with Gasteiger partial charge in [-0.15, -0.1) is 0 Å². The normalized spacial score (nSPS) is 12.8. The Balaban J connectivity index is 1.40.